The lowest BCUT2D eigenvalue weighted by molar-refractivity contribution is -0.136. The van der Waals surface area contributed by atoms with Crippen molar-refractivity contribution in [1.29, 1.82) is 0 Å². The van der Waals surface area contributed by atoms with Gasteiger partial charge in [-0.2, -0.15) is 0 Å². The van der Waals surface area contributed by atoms with E-state index >= 15 is 0 Å². The Morgan fingerprint density at radius 1 is 0.909 bits per heavy atom. The Kier molecular flexibility index (Phi) is 4.26. The third-order valence-corrected chi connectivity index (χ3v) is 3.40. The van der Waals surface area contributed by atoms with Gasteiger partial charge in [0.1, 0.15) is 11.5 Å². The van der Waals surface area contributed by atoms with Gasteiger partial charge in [0.05, 0.1) is 0 Å². The van der Waals surface area contributed by atoms with Gasteiger partial charge in [-0.3, -0.25) is 0 Å². The molecule has 0 fully saturated rings. The summed E-state index contributed by atoms with van der Waals surface area (Å²) in [6, 6.07) is 20.1. The summed E-state index contributed by atoms with van der Waals surface area (Å²) in [7, 11) is 0. The molecular weight excluding hydrogens is 300 g/mol. The molecule has 3 aromatic carbocycles. The maximum Gasteiger partial charge on any atom is 0.349 e. The first kappa shape index (κ1) is 14.4. The van der Waals surface area contributed by atoms with Gasteiger partial charge in [-0.1, -0.05) is 48.0 Å². The molecule has 0 heterocycles. The molecule has 0 atom stereocenters. The molecule has 22 heavy (non-hydrogen) atoms. The molecule has 0 aromatic heterocycles. The molecule has 0 bridgehead atoms. The molecule has 0 saturated heterocycles. The highest BCUT2D eigenvalue weighted by Gasteiger charge is 2.09. The number of carbonyl (C=O) groups is 1. The van der Waals surface area contributed by atoms with Crippen LogP contribution in [0.4, 0.5) is 0 Å². The largest absolute Gasteiger partial charge is 0.482 e. The number of esters is 1. The number of hydrogen-bond donors (Lipinski definition) is 0. The van der Waals surface area contributed by atoms with Crippen LogP contribution in [0.2, 0.25) is 5.02 Å². The van der Waals surface area contributed by atoms with Crippen LogP contribution in [0.25, 0.3) is 10.8 Å². The molecule has 3 rings (SSSR count). The molecule has 0 amide bonds. The number of hydrogen-bond acceptors (Lipinski definition) is 3. The highest BCUT2D eigenvalue weighted by molar-refractivity contribution is 6.30. The van der Waals surface area contributed by atoms with Crippen LogP contribution < -0.4 is 9.47 Å². The Morgan fingerprint density at radius 2 is 1.64 bits per heavy atom. The van der Waals surface area contributed by atoms with Crippen molar-refractivity contribution >= 4 is 28.3 Å². The maximum absolute atomic E-state index is 11.9. The molecule has 0 spiro atoms. The highest BCUT2D eigenvalue weighted by atomic mass is 35.5. The quantitative estimate of drug-likeness (QED) is 0.526. The zero-order valence-corrected chi connectivity index (χ0v) is 12.4. The van der Waals surface area contributed by atoms with E-state index in [-0.39, 0.29) is 6.61 Å². The monoisotopic (exact) mass is 312 g/mol. The minimum Gasteiger partial charge on any atom is -0.482 e. The Labute approximate surface area is 133 Å². The van der Waals surface area contributed by atoms with Gasteiger partial charge >= 0.3 is 5.97 Å². The van der Waals surface area contributed by atoms with Crippen LogP contribution in [-0.2, 0) is 4.79 Å². The van der Waals surface area contributed by atoms with Crippen LogP contribution in [0.1, 0.15) is 0 Å². The fourth-order valence-corrected chi connectivity index (χ4v) is 2.24. The van der Waals surface area contributed by atoms with E-state index < -0.39 is 5.97 Å². The van der Waals surface area contributed by atoms with Crippen molar-refractivity contribution in [3.63, 3.8) is 0 Å². The van der Waals surface area contributed by atoms with Gasteiger partial charge in [0.2, 0.25) is 0 Å². The molecule has 0 aliphatic heterocycles. The Bertz CT molecular complexity index is 792. The van der Waals surface area contributed by atoms with Crippen LogP contribution >= 0.6 is 11.6 Å². The SMILES string of the molecule is O=C(COc1ccc(Cl)cc1)Oc1cccc2ccccc12. The molecule has 0 saturated carbocycles. The summed E-state index contributed by atoms with van der Waals surface area (Å²) in [5.74, 6) is 0.647. The molecule has 0 aliphatic rings. The van der Waals surface area contributed by atoms with Gasteiger partial charge < -0.3 is 9.47 Å². The number of rotatable bonds is 4. The minimum absolute atomic E-state index is 0.162. The number of ether oxygens (including phenoxy) is 2. The predicted octanol–water partition coefficient (Wildman–Crippen LogP) is 4.48. The summed E-state index contributed by atoms with van der Waals surface area (Å²) in [6.45, 7) is -0.162. The van der Waals surface area contributed by atoms with Crippen LogP contribution in [-0.4, -0.2) is 12.6 Å². The van der Waals surface area contributed by atoms with Crippen molar-refractivity contribution in [3.8, 4) is 11.5 Å². The second kappa shape index (κ2) is 6.50. The summed E-state index contributed by atoms with van der Waals surface area (Å²) in [5, 5.41) is 2.53. The zero-order valence-electron chi connectivity index (χ0n) is 11.7. The van der Waals surface area contributed by atoms with Gasteiger partial charge in [-0.05, 0) is 35.7 Å². The molecule has 110 valence electrons. The number of carbonyl (C=O) groups excluding carboxylic acids is 1. The summed E-state index contributed by atoms with van der Waals surface area (Å²) in [5.41, 5.74) is 0. The molecule has 0 unspecified atom stereocenters. The third kappa shape index (κ3) is 3.38. The van der Waals surface area contributed by atoms with Crippen molar-refractivity contribution in [1.82, 2.24) is 0 Å². The summed E-state index contributed by atoms with van der Waals surface area (Å²) < 4.78 is 10.8. The first-order valence-electron chi connectivity index (χ1n) is 6.79. The van der Waals surface area contributed by atoms with Crippen molar-refractivity contribution in [2.24, 2.45) is 0 Å². The molecule has 4 heteroatoms. The van der Waals surface area contributed by atoms with Crippen molar-refractivity contribution in [2.75, 3.05) is 6.61 Å². The summed E-state index contributed by atoms with van der Waals surface area (Å²) >= 11 is 5.79. The standard InChI is InChI=1S/C18H13ClO3/c19-14-8-10-15(11-9-14)21-12-18(20)22-17-7-3-5-13-4-1-2-6-16(13)17/h1-11H,12H2. The normalized spacial score (nSPS) is 10.4. The molecule has 0 aliphatic carbocycles. The van der Waals surface area contributed by atoms with E-state index in [1.165, 1.54) is 0 Å². The lowest BCUT2D eigenvalue weighted by atomic mass is 10.1. The van der Waals surface area contributed by atoms with Gasteiger partial charge in [0.15, 0.2) is 6.61 Å². The van der Waals surface area contributed by atoms with Crippen molar-refractivity contribution < 1.29 is 14.3 Å². The minimum atomic E-state index is -0.452. The molecular formula is C18H13ClO3. The molecule has 3 aromatic rings. The zero-order chi connectivity index (χ0) is 15.4. The van der Waals surface area contributed by atoms with E-state index in [1.807, 2.05) is 36.4 Å². The molecule has 0 N–H and O–H groups in total. The smallest absolute Gasteiger partial charge is 0.349 e. The second-order valence-corrected chi connectivity index (χ2v) is 5.13. The van der Waals surface area contributed by atoms with Gasteiger partial charge in [-0.15, -0.1) is 0 Å². The van der Waals surface area contributed by atoms with E-state index in [1.54, 1.807) is 30.3 Å². The first-order valence-corrected chi connectivity index (χ1v) is 7.17. The predicted molar refractivity (Wildman–Crippen MR) is 86.5 cm³/mol. The van der Waals surface area contributed by atoms with Crippen LogP contribution in [0.15, 0.2) is 66.7 Å². The van der Waals surface area contributed by atoms with Crippen LogP contribution in [0, 0.1) is 0 Å². The Hall–Kier alpha value is -2.52. The van der Waals surface area contributed by atoms with Gasteiger partial charge in [0, 0.05) is 10.4 Å². The number of halogens is 1. The van der Waals surface area contributed by atoms with E-state index in [9.17, 15) is 4.79 Å². The number of fused-ring (bicyclic) bond motifs is 1. The van der Waals surface area contributed by atoms with E-state index in [4.69, 9.17) is 21.1 Å². The van der Waals surface area contributed by atoms with E-state index in [0.717, 1.165) is 10.8 Å². The van der Waals surface area contributed by atoms with Crippen LogP contribution in [0.5, 0.6) is 11.5 Å². The van der Waals surface area contributed by atoms with E-state index in [0.29, 0.717) is 16.5 Å². The maximum atomic E-state index is 11.9. The summed E-state index contributed by atoms with van der Waals surface area (Å²) in [6.07, 6.45) is 0. The lowest BCUT2D eigenvalue weighted by Gasteiger charge is -2.09. The summed E-state index contributed by atoms with van der Waals surface area (Å²) in [4.78, 5) is 11.9. The Balaban J connectivity index is 1.67. The first-order chi connectivity index (χ1) is 10.7. The van der Waals surface area contributed by atoms with Crippen molar-refractivity contribution in [3.05, 3.63) is 71.8 Å². The topological polar surface area (TPSA) is 35.5 Å². The Morgan fingerprint density at radius 3 is 2.45 bits per heavy atom. The third-order valence-electron chi connectivity index (χ3n) is 3.14. The van der Waals surface area contributed by atoms with Crippen molar-refractivity contribution in [2.45, 2.75) is 0 Å². The fourth-order valence-electron chi connectivity index (χ4n) is 2.11. The lowest BCUT2D eigenvalue weighted by Crippen LogP contribution is -2.17. The number of benzene rings is 3. The fraction of sp³-hybridized carbons (Fsp3) is 0.0556. The van der Waals surface area contributed by atoms with Gasteiger partial charge in [0.25, 0.3) is 0 Å². The van der Waals surface area contributed by atoms with Crippen LogP contribution in [0.3, 0.4) is 0 Å². The van der Waals surface area contributed by atoms with E-state index in [2.05, 4.69) is 0 Å². The van der Waals surface area contributed by atoms with Gasteiger partial charge in [-0.25, -0.2) is 4.79 Å². The second-order valence-electron chi connectivity index (χ2n) is 4.69. The average molecular weight is 313 g/mol. The molecule has 0 radical (unpaired) electrons. The highest BCUT2D eigenvalue weighted by Crippen LogP contribution is 2.25. The average Bonchev–Trinajstić information content (AvgIpc) is 2.55. The molecule has 3 nitrogen and oxygen atoms in total.